The number of halogens is 2. The molecule has 4 N–H and O–H groups in total. The Kier molecular flexibility index (Phi) is 8.63. The van der Waals surface area contributed by atoms with Crippen LogP contribution in [0.4, 0.5) is 15.8 Å². The minimum absolute atomic E-state index is 0.00174. The number of aromatic amines is 1. The van der Waals surface area contributed by atoms with E-state index in [-0.39, 0.29) is 27.5 Å². The van der Waals surface area contributed by atoms with Gasteiger partial charge in [0.05, 0.1) is 16.9 Å². The van der Waals surface area contributed by atoms with Gasteiger partial charge in [0.2, 0.25) is 0 Å². The van der Waals surface area contributed by atoms with E-state index >= 15 is 0 Å². The van der Waals surface area contributed by atoms with Crippen LogP contribution in [0.2, 0.25) is 5.02 Å². The van der Waals surface area contributed by atoms with Crippen LogP contribution in [0.5, 0.6) is 0 Å². The van der Waals surface area contributed by atoms with Gasteiger partial charge < -0.3 is 25.8 Å². The molecule has 12 heteroatoms. The number of hydrogen-bond donors (Lipinski definition) is 4. The molecule has 3 amide bonds. The van der Waals surface area contributed by atoms with Crippen LogP contribution in [0.25, 0.3) is 0 Å². The van der Waals surface area contributed by atoms with E-state index in [0.29, 0.717) is 17.9 Å². The van der Waals surface area contributed by atoms with Crippen LogP contribution in [0.1, 0.15) is 45.2 Å². The molecular weight excluding hydrogens is 525 g/mol. The Morgan fingerprint density at radius 1 is 0.974 bits per heavy atom. The van der Waals surface area contributed by atoms with Crippen molar-refractivity contribution in [3.05, 3.63) is 76.6 Å². The number of amides is 3. The second kappa shape index (κ2) is 11.9. The number of rotatable bonds is 8. The average molecular weight is 556 g/mol. The third-order valence-electron chi connectivity index (χ3n) is 6.70. The van der Waals surface area contributed by atoms with E-state index in [4.69, 9.17) is 11.6 Å². The Hall–Kier alpha value is -3.80. The third-order valence-corrected chi connectivity index (χ3v) is 7.01. The molecule has 0 aliphatic carbocycles. The SMILES string of the molecule is CN1CCN(C(C)(C)CNC(=O)c2[nH]cnc2C(=O)Nc2ccc(NC(=O)c3ccc(F)cc3Cl)cc2)CC1. The van der Waals surface area contributed by atoms with Gasteiger partial charge in [-0.25, -0.2) is 9.37 Å². The molecule has 206 valence electrons. The van der Waals surface area contributed by atoms with Crippen molar-refractivity contribution < 1.29 is 18.8 Å². The normalized spacial score (nSPS) is 14.6. The number of piperazine rings is 1. The first kappa shape index (κ1) is 28.2. The van der Waals surface area contributed by atoms with E-state index in [1.165, 1.54) is 12.4 Å². The number of benzene rings is 2. The zero-order valence-electron chi connectivity index (χ0n) is 22.0. The number of likely N-dealkylation sites (N-methyl/N-ethyl adjacent to an activating group) is 1. The van der Waals surface area contributed by atoms with E-state index in [1.807, 2.05) is 0 Å². The second-order valence-electron chi connectivity index (χ2n) is 10.0. The van der Waals surface area contributed by atoms with E-state index < -0.39 is 23.5 Å². The number of anilines is 2. The van der Waals surface area contributed by atoms with E-state index in [0.717, 1.165) is 38.3 Å². The summed E-state index contributed by atoms with van der Waals surface area (Å²) in [5.74, 6) is -2.02. The average Bonchev–Trinajstić information content (AvgIpc) is 3.39. The Morgan fingerprint density at radius 3 is 2.21 bits per heavy atom. The highest BCUT2D eigenvalue weighted by atomic mass is 35.5. The molecule has 0 saturated carbocycles. The lowest BCUT2D eigenvalue weighted by Crippen LogP contribution is -2.57. The maximum Gasteiger partial charge on any atom is 0.276 e. The van der Waals surface area contributed by atoms with Crippen molar-refractivity contribution in [1.82, 2.24) is 25.1 Å². The predicted molar refractivity (Wildman–Crippen MR) is 148 cm³/mol. The fourth-order valence-corrected chi connectivity index (χ4v) is 4.50. The Morgan fingerprint density at radius 2 is 1.59 bits per heavy atom. The summed E-state index contributed by atoms with van der Waals surface area (Å²) in [5.41, 5.74) is 0.796. The number of nitrogens with one attached hydrogen (secondary N) is 4. The van der Waals surface area contributed by atoms with Crippen molar-refractivity contribution in [2.75, 3.05) is 50.4 Å². The number of carbonyl (C=O) groups excluding carboxylic acids is 3. The number of carbonyl (C=O) groups is 3. The summed E-state index contributed by atoms with van der Waals surface area (Å²) in [6.45, 7) is 8.35. The van der Waals surface area contributed by atoms with Gasteiger partial charge in [0.25, 0.3) is 17.7 Å². The highest BCUT2D eigenvalue weighted by Crippen LogP contribution is 2.21. The number of aromatic nitrogens is 2. The van der Waals surface area contributed by atoms with E-state index in [2.05, 4.69) is 56.6 Å². The Labute approximate surface area is 230 Å². The molecule has 0 spiro atoms. The van der Waals surface area contributed by atoms with Crippen LogP contribution in [0.3, 0.4) is 0 Å². The fourth-order valence-electron chi connectivity index (χ4n) is 4.25. The fraction of sp³-hybridized carbons (Fsp3) is 0.333. The topological polar surface area (TPSA) is 122 Å². The summed E-state index contributed by atoms with van der Waals surface area (Å²) in [6.07, 6.45) is 1.30. The van der Waals surface area contributed by atoms with Gasteiger partial charge in [-0.1, -0.05) is 11.6 Å². The molecular formula is C27H31ClFN7O3. The van der Waals surface area contributed by atoms with Crippen LogP contribution < -0.4 is 16.0 Å². The van der Waals surface area contributed by atoms with Crippen LogP contribution in [0, 0.1) is 5.82 Å². The number of hydrogen-bond acceptors (Lipinski definition) is 6. The number of nitrogens with zero attached hydrogens (tertiary/aromatic N) is 3. The zero-order valence-corrected chi connectivity index (χ0v) is 22.7. The van der Waals surface area contributed by atoms with Crippen molar-refractivity contribution in [3.8, 4) is 0 Å². The van der Waals surface area contributed by atoms with Crippen LogP contribution in [-0.4, -0.2) is 82.8 Å². The van der Waals surface area contributed by atoms with Gasteiger partial charge in [0, 0.05) is 49.6 Å². The molecule has 1 aliphatic heterocycles. The lowest BCUT2D eigenvalue weighted by molar-refractivity contribution is 0.0586. The summed E-state index contributed by atoms with van der Waals surface area (Å²) in [7, 11) is 2.09. The van der Waals surface area contributed by atoms with Gasteiger partial charge in [-0.15, -0.1) is 0 Å². The maximum atomic E-state index is 13.2. The molecule has 2 aromatic carbocycles. The first-order valence-corrected chi connectivity index (χ1v) is 12.8. The molecule has 1 aromatic heterocycles. The van der Waals surface area contributed by atoms with Gasteiger partial charge in [-0.3, -0.25) is 19.3 Å². The van der Waals surface area contributed by atoms with Crippen molar-refractivity contribution >= 4 is 40.7 Å². The molecule has 2 heterocycles. The molecule has 1 fully saturated rings. The van der Waals surface area contributed by atoms with Gasteiger partial charge in [-0.2, -0.15) is 0 Å². The van der Waals surface area contributed by atoms with Gasteiger partial charge in [0.15, 0.2) is 5.69 Å². The number of imidazole rings is 1. The molecule has 39 heavy (non-hydrogen) atoms. The highest BCUT2D eigenvalue weighted by molar-refractivity contribution is 6.34. The minimum atomic E-state index is -0.561. The lowest BCUT2D eigenvalue weighted by atomic mass is 10.0. The lowest BCUT2D eigenvalue weighted by Gasteiger charge is -2.43. The molecule has 0 radical (unpaired) electrons. The predicted octanol–water partition coefficient (Wildman–Crippen LogP) is 3.46. The van der Waals surface area contributed by atoms with Crippen molar-refractivity contribution in [2.24, 2.45) is 0 Å². The monoisotopic (exact) mass is 555 g/mol. The smallest absolute Gasteiger partial charge is 0.276 e. The molecule has 10 nitrogen and oxygen atoms in total. The maximum absolute atomic E-state index is 13.2. The van der Waals surface area contributed by atoms with Crippen LogP contribution in [0.15, 0.2) is 48.8 Å². The highest BCUT2D eigenvalue weighted by Gasteiger charge is 2.30. The summed E-state index contributed by atoms with van der Waals surface area (Å²) < 4.78 is 13.2. The van der Waals surface area contributed by atoms with Crippen molar-refractivity contribution in [3.63, 3.8) is 0 Å². The van der Waals surface area contributed by atoms with Gasteiger partial charge >= 0.3 is 0 Å². The molecule has 3 aromatic rings. The Bertz CT molecular complexity index is 1350. The standard InChI is InChI=1S/C27H31ClFN7O3/c1-27(2,36-12-10-35(3)11-13-36)15-30-25(38)22-23(32-16-31-22)26(39)34-19-7-5-18(6-8-19)33-24(37)20-9-4-17(29)14-21(20)28/h4-9,14,16H,10-13,15H2,1-3H3,(H,30,38)(H,31,32)(H,33,37)(H,34,39). The van der Waals surface area contributed by atoms with Crippen molar-refractivity contribution in [2.45, 2.75) is 19.4 Å². The van der Waals surface area contributed by atoms with E-state index in [1.54, 1.807) is 24.3 Å². The first-order valence-electron chi connectivity index (χ1n) is 12.5. The Balaban J connectivity index is 1.34. The van der Waals surface area contributed by atoms with E-state index in [9.17, 15) is 18.8 Å². The first-order chi connectivity index (χ1) is 18.5. The zero-order chi connectivity index (χ0) is 28.2. The number of H-pyrrole nitrogens is 1. The molecule has 0 unspecified atom stereocenters. The molecule has 1 saturated heterocycles. The summed E-state index contributed by atoms with van der Waals surface area (Å²) in [4.78, 5) is 49.7. The van der Waals surface area contributed by atoms with Crippen LogP contribution >= 0.6 is 11.6 Å². The summed E-state index contributed by atoms with van der Waals surface area (Å²) in [5, 5.41) is 8.30. The molecule has 4 rings (SSSR count). The quantitative estimate of drug-likeness (QED) is 0.338. The summed E-state index contributed by atoms with van der Waals surface area (Å²) in [6, 6.07) is 9.86. The third kappa shape index (κ3) is 6.99. The molecule has 0 atom stereocenters. The largest absolute Gasteiger partial charge is 0.349 e. The molecule has 0 bridgehead atoms. The van der Waals surface area contributed by atoms with Crippen molar-refractivity contribution in [1.29, 1.82) is 0 Å². The van der Waals surface area contributed by atoms with Gasteiger partial charge in [-0.05, 0) is 63.4 Å². The van der Waals surface area contributed by atoms with Gasteiger partial charge in [0.1, 0.15) is 11.5 Å². The summed E-state index contributed by atoms with van der Waals surface area (Å²) >= 11 is 5.95. The minimum Gasteiger partial charge on any atom is -0.349 e. The van der Waals surface area contributed by atoms with Crippen LogP contribution in [-0.2, 0) is 0 Å². The molecule has 1 aliphatic rings. The second-order valence-corrected chi connectivity index (χ2v) is 10.4.